The number of aromatic nitrogens is 1. The predicted octanol–water partition coefficient (Wildman–Crippen LogP) is 3.22. The van der Waals surface area contributed by atoms with Gasteiger partial charge in [0.1, 0.15) is 0 Å². The molecule has 1 aromatic rings. The van der Waals surface area contributed by atoms with E-state index in [1.807, 2.05) is 11.4 Å². The molecule has 1 unspecified atom stereocenters. The molecule has 14 heavy (non-hydrogen) atoms. The molecule has 2 nitrogen and oxygen atoms in total. The summed E-state index contributed by atoms with van der Waals surface area (Å²) in [6, 6.07) is 2.02. The van der Waals surface area contributed by atoms with Crippen LogP contribution in [0.5, 0.6) is 0 Å². The molecule has 1 heterocycles. The smallest absolute Gasteiger partial charge is 0.0715 e. The van der Waals surface area contributed by atoms with Gasteiger partial charge in [-0.1, -0.05) is 34.6 Å². The van der Waals surface area contributed by atoms with Gasteiger partial charge in [-0.15, -0.1) is 0 Å². The molecule has 2 N–H and O–H groups in total. The largest absolute Gasteiger partial charge is 0.322 e. The second-order valence-corrected chi connectivity index (χ2v) is 6.04. The van der Waals surface area contributed by atoms with E-state index in [1.54, 1.807) is 0 Å². The number of hydrogen-bond donors (Lipinski definition) is 1. The summed E-state index contributed by atoms with van der Waals surface area (Å²) < 4.78 is 4.31. The molecule has 0 aliphatic rings. The summed E-state index contributed by atoms with van der Waals surface area (Å²) in [6.45, 7) is 11.1. The Hall–Kier alpha value is -0.410. The van der Waals surface area contributed by atoms with E-state index in [-0.39, 0.29) is 16.9 Å². The molecule has 0 aliphatic heterocycles. The monoisotopic (exact) mass is 212 g/mol. The molecule has 0 bridgehead atoms. The topological polar surface area (TPSA) is 38.9 Å². The van der Waals surface area contributed by atoms with Crippen LogP contribution >= 0.6 is 11.5 Å². The first-order chi connectivity index (χ1) is 6.27. The van der Waals surface area contributed by atoms with Crippen molar-refractivity contribution >= 4 is 11.5 Å². The minimum Gasteiger partial charge on any atom is -0.322 e. The van der Waals surface area contributed by atoms with Crippen molar-refractivity contribution in [1.82, 2.24) is 4.37 Å². The Kier molecular flexibility index (Phi) is 3.02. The molecule has 0 spiro atoms. The molecule has 0 fully saturated rings. The molecule has 0 saturated heterocycles. The van der Waals surface area contributed by atoms with Crippen LogP contribution in [0, 0.1) is 10.8 Å². The van der Waals surface area contributed by atoms with Crippen LogP contribution in [0.15, 0.2) is 11.4 Å². The third-order valence-electron chi connectivity index (χ3n) is 3.49. The quantitative estimate of drug-likeness (QED) is 0.817. The number of nitrogens with two attached hydrogens (primary N) is 1. The summed E-state index contributed by atoms with van der Waals surface area (Å²) in [5.74, 6) is 0. The summed E-state index contributed by atoms with van der Waals surface area (Å²) in [7, 11) is 0. The molecule has 0 aromatic carbocycles. The Labute approximate surface area is 90.7 Å². The van der Waals surface area contributed by atoms with Crippen molar-refractivity contribution < 1.29 is 0 Å². The van der Waals surface area contributed by atoms with Crippen molar-refractivity contribution in [2.75, 3.05) is 0 Å². The van der Waals surface area contributed by atoms with Gasteiger partial charge in [0.25, 0.3) is 0 Å². The molecule has 3 heteroatoms. The Morgan fingerprint density at radius 2 is 1.86 bits per heavy atom. The van der Waals surface area contributed by atoms with Crippen LogP contribution in [0.4, 0.5) is 0 Å². The highest BCUT2D eigenvalue weighted by atomic mass is 32.1. The molecular formula is C11H20N2S. The zero-order chi connectivity index (χ0) is 11.0. The van der Waals surface area contributed by atoms with E-state index < -0.39 is 0 Å². The van der Waals surface area contributed by atoms with E-state index in [1.165, 1.54) is 11.5 Å². The van der Waals surface area contributed by atoms with Crippen molar-refractivity contribution in [2.24, 2.45) is 16.6 Å². The molecule has 0 saturated carbocycles. The summed E-state index contributed by atoms with van der Waals surface area (Å²) in [5, 5.41) is 1.98. The first-order valence-electron chi connectivity index (χ1n) is 4.92. The lowest BCUT2D eigenvalue weighted by Gasteiger charge is -2.42. The van der Waals surface area contributed by atoms with Crippen molar-refractivity contribution in [3.8, 4) is 0 Å². The Bertz CT molecular complexity index is 283. The second kappa shape index (κ2) is 3.63. The first kappa shape index (κ1) is 11.7. The number of nitrogens with zero attached hydrogens (tertiary/aromatic N) is 1. The fourth-order valence-electron chi connectivity index (χ4n) is 1.22. The van der Waals surface area contributed by atoms with E-state index in [0.717, 1.165) is 5.69 Å². The fraction of sp³-hybridized carbons (Fsp3) is 0.727. The van der Waals surface area contributed by atoms with Crippen LogP contribution in [-0.4, -0.2) is 4.37 Å². The van der Waals surface area contributed by atoms with Crippen molar-refractivity contribution in [2.45, 2.75) is 40.7 Å². The molecular weight excluding hydrogens is 192 g/mol. The number of hydrogen-bond acceptors (Lipinski definition) is 3. The van der Waals surface area contributed by atoms with Gasteiger partial charge < -0.3 is 5.73 Å². The third-order valence-corrected chi connectivity index (χ3v) is 4.06. The molecule has 0 radical (unpaired) electrons. The summed E-state index contributed by atoms with van der Waals surface area (Å²) >= 11 is 1.46. The van der Waals surface area contributed by atoms with Gasteiger partial charge in [-0.05, 0) is 28.4 Å². The van der Waals surface area contributed by atoms with Gasteiger partial charge in [0.05, 0.1) is 11.7 Å². The summed E-state index contributed by atoms with van der Waals surface area (Å²) in [5.41, 5.74) is 7.48. The van der Waals surface area contributed by atoms with Crippen molar-refractivity contribution in [3.63, 3.8) is 0 Å². The Morgan fingerprint density at radius 3 is 2.21 bits per heavy atom. The molecule has 0 aliphatic carbocycles. The van der Waals surface area contributed by atoms with Gasteiger partial charge in [-0.3, -0.25) is 0 Å². The Morgan fingerprint density at radius 1 is 1.29 bits per heavy atom. The average molecular weight is 212 g/mol. The van der Waals surface area contributed by atoms with Gasteiger partial charge in [0.2, 0.25) is 0 Å². The standard InChI is InChI=1S/C11H20N2S/c1-10(2,3)11(4,5)9(12)8-6-7-14-13-8/h6-7,9H,12H2,1-5H3. The second-order valence-electron chi connectivity index (χ2n) is 5.37. The minimum atomic E-state index is 0.00810. The highest BCUT2D eigenvalue weighted by molar-refractivity contribution is 7.03. The van der Waals surface area contributed by atoms with Crippen LogP contribution in [0.1, 0.15) is 46.4 Å². The number of rotatable bonds is 2. The lowest BCUT2D eigenvalue weighted by atomic mass is 9.64. The maximum Gasteiger partial charge on any atom is 0.0715 e. The maximum atomic E-state index is 6.25. The van der Waals surface area contributed by atoms with E-state index in [0.29, 0.717) is 0 Å². The van der Waals surface area contributed by atoms with E-state index in [2.05, 4.69) is 39.0 Å². The van der Waals surface area contributed by atoms with Crippen LogP contribution in [0.3, 0.4) is 0 Å². The highest BCUT2D eigenvalue weighted by Crippen LogP contribution is 2.45. The van der Waals surface area contributed by atoms with E-state index in [4.69, 9.17) is 5.73 Å². The van der Waals surface area contributed by atoms with Crippen LogP contribution in [0.2, 0.25) is 0 Å². The Balaban J connectivity index is 2.94. The minimum absolute atomic E-state index is 0.00810. The van der Waals surface area contributed by atoms with E-state index >= 15 is 0 Å². The third kappa shape index (κ3) is 1.98. The zero-order valence-corrected chi connectivity index (χ0v) is 10.5. The van der Waals surface area contributed by atoms with Crippen LogP contribution in [0.25, 0.3) is 0 Å². The predicted molar refractivity (Wildman–Crippen MR) is 62.3 cm³/mol. The van der Waals surface area contributed by atoms with Gasteiger partial charge in [0, 0.05) is 5.38 Å². The average Bonchev–Trinajstić information content (AvgIpc) is 2.52. The molecule has 0 amide bonds. The van der Waals surface area contributed by atoms with Gasteiger partial charge >= 0.3 is 0 Å². The fourth-order valence-corrected chi connectivity index (χ4v) is 1.78. The SMILES string of the molecule is CC(C)(C)C(C)(C)C(N)c1ccsn1. The normalized spacial score (nSPS) is 15.6. The zero-order valence-electron chi connectivity index (χ0n) is 9.66. The summed E-state index contributed by atoms with van der Waals surface area (Å²) in [6.07, 6.45) is 0. The molecule has 80 valence electrons. The molecule has 1 atom stereocenters. The van der Waals surface area contributed by atoms with E-state index in [9.17, 15) is 0 Å². The van der Waals surface area contributed by atoms with Gasteiger partial charge in [-0.2, -0.15) is 4.37 Å². The van der Waals surface area contributed by atoms with Crippen molar-refractivity contribution in [3.05, 3.63) is 17.1 Å². The first-order valence-corrected chi connectivity index (χ1v) is 5.76. The maximum absolute atomic E-state index is 6.25. The molecule has 1 aromatic heterocycles. The lowest BCUT2D eigenvalue weighted by molar-refractivity contribution is 0.0949. The van der Waals surface area contributed by atoms with Gasteiger partial charge in [0.15, 0.2) is 0 Å². The lowest BCUT2D eigenvalue weighted by Crippen LogP contribution is -2.40. The highest BCUT2D eigenvalue weighted by Gasteiger charge is 2.39. The van der Waals surface area contributed by atoms with Gasteiger partial charge in [-0.25, -0.2) is 0 Å². The molecule has 1 rings (SSSR count). The van der Waals surface area contributed by atoms with Crippen LogP contribution < -0.4 is 5.73 Å². The van der Waals surface area contributed by atoms with Crippen LogP contribution in [-0.2, 0) is 0 Å². The van der Waals surface area contributed by atoms with Crippen molar-refractivity contribution in [1.29, 1.82) is 0 Å². The summed E-state index contributed by atoms with van der Waals surface area (Å²) in [4.78, 5) is 0.